The molecule has 0 aliphatic carbocycles. The SMILES string of the molecule is CC(C)(C)NC(=O)NCC(C)(C)c1cccs1. The highest BCUT2D eigenvalue weighted by atomic mass is 32.1. The molecule has 1 heterocycles. The van der Waals surface area contributed by atoms with Gasteiger partial charge in [0.2, 0.25) is 0 Å². The number of carbonyl (C=O) groups is 1. The van der Waals surface area contributed by atoms with Crippen LogP contribution in [0.5, 0.6) is 0 Å². The Morgan fingerprint density at radius 2 is 1.94 bits per heavy atom. The van der Waals surface area contributed by atoms with E-state index in [2.05, 4.69) is 35.9 Å². The summed E-state index contributed by atoms with van der Waals surface area (Å²) in [4.78, 5) is 12.9. The Morgan fingerprint density at radius 1 is 1.29 bits per heavy atom. The van der Waals surface area contributed by atoms with Gasteiger partial charge < -0.3 is 10.6 Å². The molecule has 0 aliphatic heterocycles. The number of carbonyl (C=O) groups excluding carboxylic acids is 1. The van der Waals surface area contributed by atoms with Crippen molar-refractivity contribution in [2.24, 2.45) is 0 Å². The van der Waals surface area contributed by atoms with Gasteiger partial charge in [-0.05, 0) is 32.2 Å². The van der Waals surface area contributed by atoms with Gasteiger partial charge in [0.05, 0.1) is 0 Å². The number of urea groups is 1. The van der Waals surface area contributed by atoms with Crippen LogP contribution in [0.1, 0.15) is 39.5 Å². The van der Waals surface area contributed by atoms with Crippen molar-refractivity contribution in [3.63, 3.8) is 0 Å². The normalized spacial score (nSPS) is 12.3. The first-order valence-corrected chi connectivity index (χ1v) is 6.69. The molecule has 2 amide bonds. The minimum absolute atomic E-state index is 0.0244. The molecular weight excluding hydrogens is 232 g/mol. The van der Waals surface area contributed by atoms with E-state index in [1.54, 1.807) is 11.3 Å². The molecular formula is C13H22N2OS. The van der Waals surface area contributed by atoms with E-state index in [1.807, 2.05) is 26.8 Å². The predicted molar refractivity (Wildman–Crippen MR) is 73.6 cm³/mol. The molecule has 3 nitrogen and oxygen atoms in total. The van der Waals surface area contributed by atoms with Crippen LogP contribution in [0, 0.1) is 0 Å². The highest BCUT2D eigenvalue weighted by molar-refractivity contribution is 7.10. The zero-order valence-electron chi connectivity index (χ0n) is 11.3. The van der Waals surface area contributed by atoms with Gasteiger partial charge in [0.1, 0.15) is 0 Å². The molecule has 2 N–H and O–H groups in total. The minimum atomic E-state index is -0.197. The number of amides is 2. The average Bonchev–Trinajstić information content (AvgIpc) is 2.65. The second kappa shape index (κ2) is 5.08. The summed E-state index contributed by atoms with van der Waals surface area (Å²) in [5.74, 6) is 0. The third-order valence-corrected chi connectivity index (χ3v) is 3.60. The molecule has 1 aromatic heterocycles. The van der Waals surface area contributed by atoms with Crippen molar-refractivity contribution in [3.8, 4) is 0 Å². The number of hydrogen-bond acceptors (Lipinski definition) is 2. The Labute approximate surface area is 108 Å². The molecule has 0 unspecified atom stereocenters. The minimum Gasteiger partial charge on any atom is -0.337 e. The Kier molecular flexibility index (Phi) is 4.20. The van der Waals surface area contributed by atoms with Gasteiger partial charge in [0.15, 0.2) is 0 Å². The Balaban J connectivity index is 2.48. The monoisotopic (exact) mass is 254 g/mol. The van der Waals surface area contributed by atoms with Crippen LogP contribution in [0.3, 0.4) is 0 Å². The van der Waals surface area contributed by atoms with Crippen LogP contribution in [0.25, 0.3) is 0 Å². The fraction of sp³-hybridized carbons (Fsp3) is 0.615. The second-order valence-electron chi connectivity index (χ2n) is 5.92. The molecule has 4 heteroatoms. The number of thiophene rings is 1. The van der Waals surface area contributed by atoms with E-state index in [-0.39, 0.29) is 17.0 Å². The first kappa shape index (κ1) is 14.0. The molecule has 1 aromatic rings. The topological polar surface area (TPSA) is 41.1 Å². The van der Waals surface area contributed by atoms with E-state index in [0.717, 1.165) is 0 Å². The lowest BCUT2D eigenvalue weighted by atomic mass is 9.91. The van der Waals surface area contributed by atoms with Crippen molar-refractivity contribution in [2.75, 3.05) is 6.54 Å². The molecule has 0 saturated carbocycles. The third kappa shape index (κ3) is 4.77. The van der Waals surface area contributed by atoms with Crippen molar-refractivity contribution < 1.29 is 4.79 Å². The fourth-order valence-electron chi connectivity index (χ4n) is 1.44. The number of nitrogens with one attached hydrogen (secondary N) is 2. The van der Waals surface area contributed by atoms with Crippen LogP contribution in [0.4, 0.5) is 4.79 Å². The lowest BCUT2D eigenvalue weighted by Gasteiger charge is -2.26. The largest absolute Gasteiger partial charge is 0.337 e. The molecule has 0 aliphatic rings. The predicted octanol–water partition coefficient (Wildman–Crippen LogP) is 3.12. The van der Waals surface area contributed by atoms with Crippen molar-refractivity contribution in [1.82, 2.24) is 10.6 Å². The molecule has 0 fully saturated rings. The van der Waals surface area contributed by atoms with Gasteiger partial charge in [0, 0.05) is 22.4 Å². The van der Waals surface area contributed by atoms with Gasteiger partial charge in [-0.3, -0.25) is 0 Å². The maximum Gasteiger partial charge on any atom is 0.315 e. The molecule has 0 atom stereocenters. The van der Waals surface area contributed by atoms with E-state index in [4.69, 9.17) is 0 Å². The highest BCUT2D eigenvalue weighted by Crippen LogP contribution is 2.26. The highest BCUT2D eigenvalue weighted by Gasteiger charge is 2.23. The summed E-state index contributed by atoms with van der Waals surface area (Å²) in [6.07, 6.45) is 0. The zero-order chi connectivity index (χ0) is 13.1. The summed E-state index contributed by atoms with van der Waals surface area (Å²) in [5, 5.41) is 7.88. The van der Waals surface area contributed by atoms with E-state index in [9.17, 15) is 4.79 Å². The standard InChI is InChI=1S/C13H22N2OS/c1-12(2,3)15-11(16)14-9-13(4,5)10-7-6-8-17-10/h6-8H,9H2,1-5H3,(H2,14,15,16). The summed E-state index contributed by atoms with van der Waals surface area (Å²) in [6.45, 7) is 10.8. The van der Waals surface area contributed by atoms with Gasteiger partial charge in [-0.1, -0.05) is 19.9 Å². The molecule has 0 spiro atoms. The molecule has 0 radical (unpaired) electrons. The number of hydrogen-bond donors (Lipinski definition) is 2. The van der Waals surface area contributed by atoms with Crippen molar-refractivity contribution >= 4 is 17.4 Å². The molecule has 96 valence electrons. The van der Waals surface area contributed by atoms with Crippen LogP contribution in [0.15, 0.2) is 17.5 Å². The first-order valence-electron chi connectivity index (χ1n) is 5.81. The summed E-state index contributed by atoms with van der Waals surface area (Å²) < 4.78 is 0. The van der Waals surface area contributed by atoms with E-state index in [0.29, 0.717) is 6.54 Å². The summed E-state index contributed by atoms with van der Waals surface area (Å²) in [6, 6.07) is 4.03. The smallest absolute Gasteiger partial charge is 0.315 e. The van der Waals surface area contributed by atoms with Gasteiger partial charge in [-0.25, -0.2) is 4.79 Å². The zero-order valence-corrected chi connectivity index (χ0v) is 12.1. The van der Waals surface area contributed by atoms with E-state index >= 15 is 0 Å². The summed E-state index contributed by atoms with van der Waals surface area (Å²) >= 11 is 1.72. The third-order valence-electron chi connectivity index (χ3n) is 2.37. The van der Waals surface area contributed by atoms with Crippen molar-refractivity contribution in [2.45, 2.75) is 45.6 Å². The van der Waals surface area contributed by atoms with Crippen molar-refractivity contribution in [1.29, 1.82) is 0 Å². The summed E-state index contributed by atoms with van der Waals surface area (Å²) in [7, 11) is 0. The van der Waals surface area contributed by atoms with Crippen LogP contribution in [0.2, 0.25) is 0 Å². The molecule has 17 heavy (non-hydrogen) atoms. The average molecular weight is 254 g/mol. The lowest BCUT2D eigenvalue weighted by molar-refractivity contribution is 0.229. The summed E-state index contributed by atoms with van der Waals surface area (Å²) in [5.41, 5.74) is -0.222. The molecule has 0 bridgehead atoms. The van der Waals surface area contributed by atoms with Crippen LogP contribution in [-0.2, 0) is 5.41 Å². The first-order chi connectivity index (χ1) is 7.71. The fourth-order valence-corrected chi connectivity index (χ4v) is 2.29. The molecule has 0 saturated heterocycles. The van der Waals surface area contributed by atoms with Crippen LogP contribution >= 0.6 is 11.3 Å². The van der Waals surface area contributed by atoms with Gasteiger partial charge in [0.25, 0.3) is 0 Å². The maximum absolute atomic E-state index is 11.7. The maximum atomic E-state index is 11.7. The van der Waals surface area contributed by atoms with Gasteiger partial charge >= 0.3 is 6.03 Å². The Bertz CT molecular complexity index is 363. The number of rotatable bonds is 3. The Hall–Kier alpha value is -1.03. The van der Waals surface area contributed by atoms with Crippen LogP contribution in [-0.4, -0.2) is 18.1 Å². The molecule has 1 rings (SSSR count). The Morgan fingerprint density at radius 3 is 2.41 bits per heavy atom. The van der Waals surface area contributed by atoms with Crippen LogP contribution < -0.4 is 10.6 Å². The van der Waals surface area contributed by atoms with E-state index < -0.39 is 0 Å². The quantitative estimate of drug-likeness (QED) is 0.855. The van der Waals surface area contributed by atoms with Gasteiger partial charge in [-0.15, -0.1) is 11.3 Å². The lowest BCUT2D eigenvalue weighted by Crippen LogP contribution is -2.49. The second-order valence-corrected chi connectivity index (χ2v) is 6.87. The van der Waals surface area contributed by atoms with Crippen molar-refractivity contribution in [3.05, 3.63) is 22.4 Å². The van der Waals surface area contributed by atoms with Gasteiger partial charge in [-0.2, -0.15) is 0 Å². The van der Waals surface area contributed by atoms with E-state index in [1.165, 1.54) is 4.88 Å². The molecule has 0 aromatic carbocycles.